The Morgan fingerprint density at radius 3 is 2.45 bits per heavy atom. The van der Waals surface area contributed by atoms with Crippen LogP contribution in [0.2, 0.25) is 5.02 Å². The number of anilines is 1. The van der Waals surface area contributed by atoms with Crippen LogP contribution in [0.4, 0.5) is 10.1 Å². The Bertz CT molecular complexity index is 953. The quantitative estimate of drug-likeness (QED) is 0.656. The van der Waals surface area contributed by atoms with E-state index in [1.807, 2.05) is 0 Å². The number of hydrogen-bond donors (Lipinski definition) is 3. The molecule has 120 valence electrons. The summed E-state index contributed by atoms with van der Waals surface area (Å²) in [6.07, 6.45) is 0.804. The van der Waals surface area contributed by atoms with Crippen molar-refractivity contribution in [3.05, 3.63) is 37.6 Å². The van der Waals surface area contributed by atoms with Gasteiger partial charge in [-0.1, -0.05) is 11.6 Å². The number of aliphatic hydroxyl groups excluding tert-OH is 1. The zero-order valence-corrected chi connectivity index (χ0v) is 12.8. The van der Waals surface area contributed by atoms with Crippen molar-refractivity contribution in [1.82, 2.24) is 9.97 Å². The molecule has 0 spiro atoms. The summed E-state index contributed by atoms with van der Waals surface area (Å²) in [6, 6.07) is 1.05. The van der Waals surface area contributed by atoms with Crippen molar-refractivity contribution < 1.29 is 17.9 Å². The Kier molecular flexibility index (Phi) is 4.27. The number of hydrogen-bond acceptors (Lipinski definition) is 5. The summed E-state index contributed by atoms with van der Waals surface area (Å²) >= 11 is 5.71. The maximum absolute atomic E-state index is 14.3. The Morgan fingerprint density at radius 2 is 1.91 bits per heavy atom. The molecule has 22 heavy (non-hydrogen) atoms. The first-order valence-electron chi connectivity index (χ1n) is 5.89. The number of benzene rings is 1. The van der Waals surface area contributed by atoms with Crippen LogP contribution in [-0.4, -0.2) is 42.9 Å². The molecule has 0 aliphatic rings. The molecule has 2 rings (SSSR count). The number of aliphatic hydroxyl groups is 1. The lowest BCUT2D eigenvalue weighted by molar-refractivity contribution is 0.306. The van der Waals surface area contributed by atoms with Crippen LogP contribution in [-0.2, 0) is 10.0 Å². The Morgan fingerprint density at radius 1 is 1.32 bits per heavy atom. The van der Waals surface area contributed by atoms with Crippen molar-refractivity contribution in [2.75, 3.05) is 23.7 Å². The summed E-state index contributed by atoms with van der Waals surface area (Å²) in [7, 11) is -3.97. The van der Waals surface area contributed by atoms with Crippen LogP contribution in [0.15, 0.2) is 15.7 Å². The predicted octanol–water partition coefficient (Wildman–Crippen LogP) is -0.233. The van der Waals surface area contributed by atoms with E-state index in [1.165, 1.54) is 0 Å². The highest BCUT2D eigenvalue weighted by molar-refractivity contribution is 7.92. The summed E-state index contributed by atoms with van der Waals surface area (Å²) < 4.78 is 38.5. The van der Waals surface area contributed by atoms with Gasteiger partial charge < -0.3 is 15.1 Å². The van der Waals surface area contributed by atoms with E-state index in [4.69, 9.17) is 16.7 Å². The second-order valence-electron chi connectivity index (χ2n) is 4.41. The van der Waals surface area contributed by atoms with E-state index in [2.05, 4.69) is 9.97 Å². The summed E-state index contributed by atoms with van der Waals surface area (Å²) in [5, 5.41) is 8.55. The second-order valence-corrected chi connectivity index (χ2v) is 6.72. The molecule has 11 heteroatoms. The average molecular weight is 352 g/mol. The van der Waals surface area contributed by atoms with Crippen molar-refractivity contribution in [2.45, 2.75) is 0 Å². The normalized spacial score (nSPS) is 11.8. The number of nitrogens with one attached hydrogen (secondary N) is 2. The van der Waals surface area contributed by atoms with Crippen LogP contribution in [0.3, 0.4) is 0 Å². The fourth-order valence-corrected chi connectivity index (χ4v) is 3.07. The molecule has 0 amide bonds. The summed E-state index contributed by atoms with van der Waals surface area (Å²) in [5.74, 6) is -1.10. The number of aromatic nitrogens is 2. The number of aromatic amines is 2. The lowest BCUT2D eigenvalue weighted by atomic mass is 10.2. The molecule has 1 heterocycles. The average Bonchev–Trinajstić information content (AvgIpc) is 2.40. The fourth-order valence-electron chi connectivity index (χ4n) is 1.96. The van der Waals surface area contributed by atoms with Gasteiger partial charge in [0.2, 0.25) is 10.0 Å². The van der Waals surface area contributed by atoms with Gasteiger partial charge in [0.1, 0.15) is 5.69 Å². The van der Waals surface area contributed by atoms with Crippen molar-refractivity contribution in [3.63, 3.8) is 0 Å². The van der Waals surface area contributed by atoms with E-state index in [-0.39, 0.29) is 11.0 Å². The van der Waals surface area contributed by atoms with Crippen LogP contribution in [0, 0.1) is 5.82 Å². The standard InChI is InChI=1S/C11H11ClFN3O5S/c1-22(20,21)16(2-3-17)9-7(13)5(12)4-6-8(9)15-11(19)10(18)14-6/h4,17H,2-3H2,1H3,(H,14,18)(H,15,19). The summed E-state index contributed by atoms with van der Waals surface area (Å²) in [5.41, 5.74) is -2.91. The highest BCUT2D eigenvalue weighted by atomic mass is 35.5. The molecule has 0 aliphatic heterocycles. The molecule has 0 saturated heterocycles. The third-order valence-corrected chi connectivity index (χ3v) is 4.28. The lowest BCUT2D eigenvalue weighted by Crippen LogP contribution is -2.35. The molecule has 0 radical (unpaired) electrons. The Labute approximate surface area is 128 Å². The number of H-pyrrole nitrogens is 2. The first kappa shape index (κ1) is 16.5. The van der Waals surface area contributed by atoms with E-state index >= 15 is 0 Å². The van der Waals surface area contributed by atoms with Crippen LogP contribution >= 0.6 is 11.6 Å². The Balaban J connectivity index is 2.97. The summed E-state index contributed by atoms with van der Waals surface area (Å²) in [4.78, 5) is 27.1. The van der Waals surface area contributed by atoms with E-state index < -0.39 is 50.8 Å². The molecular formula is C11H11ClFN3O5S. The fraction of sp³-hybridized carbons (Fsp3) is 0.273. The van der Waals surface area contributed by atoms with E-state index in [0.29, 0.717) is 4.31 Å². The molecule has 0 unspecified atom stereocenters. The molecule has 3 N–H and O–H groups in total. The Hall–Kier alpha value is -1.91. The first-order chi connectivity index (χ1) is 10.2. The van der Waals surface area contributed by atoms with Crippen molar-refractivity contribution in [2.24, 2.45) is 0 Å². The van der Waals surface area contributed by atoms with Gasteiger partial charge in [-0.2, -0.15) is 0 Å². The SMILES string of the molecule is CS(=O)(=O)N(CCO)c1c(F)c(Cl)cc2[nH]c(=O)c(=O)[nH]c12. The van der Waals surface area contributed by atoms with Gasteiger partial charge >= 0.3 is 11.1 Å². The van der Waals surface area contributed by atoms with Crippen LogP contribution in [0.5, 0.6) is 0 Å². The second kappa shape index (κ2) is 5.71. The third-order valence-electron chi connectivity index (χ3n) is 2.84. The molecule has 1 aromatic heterocycles. The molecule has 0 fully saturated rings. The zero-order valence-electron chi connectivity index (χ0n) is 11.2. The topological polar surface area (TPSA) is 123 Å². The molecule has 2 aromatic rings. The molecule has 8 nitrogen and oxygen atoms in total. The van der Waals surface area contributed by atoms with Gasteiger partial charge in [0.15, 0.2) is 5.82 Å². The molecule has 0 aliphatic carbocycles. The minimum atomic E-state index is -3.97. The zero-order chi connectivity index (χ0) is 16.7. The smallest absolute Gasteiger partial charge is 0.314 e. The predicted molar refractivity (Wildman–Crippen MR) is 79.4 cm³/mol. The van der Waals surface area contributed by atoms with Crippen molar-refractivity contribution in [3.8, 4) is 0 Å². The number of sulfonamides is 1. The van der Waals surface area contributed by atoms with Crippen LogP contribution in [0.1, 0.15) is 0 Å². The number of nitrogens with zero attached hydrogens (tertiary/aromatic N) is 1. The van der Waals surface area contributed by atoms with Gasteiger partial charge in [-0.25, -0.2) is 12.8 Å². The minimum Gasteiger partial charge on any atom is -0.394 e. The van der Waals surface area contributed by atoms with E-state index in [1.54, 1.807) is 0 Å². The highest BCUT2D eigenvalue weighted by Gasteiger charge is 2.26. The lowest BCUT2D eigenvalue weighted by Gasteiger charge is -2.23. The molecular weight excluding hydrogens is 341 g/mol. The number of halogens is 2. The molecule has 1 aromatic carbocycles. The van der Waals surface area contributed by atoms with Gasteiger partial charge in [-0.15, -0.1) is 0 Å². The maximum Gasteiger partial charge on any atom is 0.314 e. The van der Waals surface area contributed by atoms with Gasteiger partial charge in [0.05, 0.1) is 35.5 Å². The van der Waals surface area contributed by atoms with Crippen molar-refractivity contribution >= 4 is 38.3 Å². The van der Waals surface area contributed by atoms with Crippen LogP contribution < -0.4 is 15.4 Å². The monoisotopic (exact) mass is 351 g/mol. The van der Waals surface area contributed by atoms with Gasteiger partial charge in [0, 0.05) is 0 Å². The summed E-state index contributed by atoms with van der Waals surface area (Å²) in [6.45, 7) is -1.04. The van der Waals surface area contributed by atoms with E-state index in [9.17, 15) is 22.4 Å². The van der Waals surface area contributed by atoms with Gasteiger partial charge in [-0.3, -0.25) is 13.9 Å². The van der Waals surface area contributed by atoms with Gasteiger partial charge in [0.25, 0.3) is 0 Å². The molecule has 0 saturated carbocycles. The maximum atomic E-state index is 14.3. The molecule has 0 bridgehead atoms. The van der Waals surface area contributed by atoms with Crippen LogP contribution in [0.25, 0.3) is 11.0 Å². The molecule has 0 atom stereocenters. The highest BCUT2D eigenvalue weighted by Crippen LogP contribution is 2.33. The number of fused-ring (bicyclic) bond motifs is 1. The number of rotatable bonds is 4. The first-order valence-corrected chi connectivity index (χ1v) is 8.12. The largest absolute Gasteiger partial charge is 0.394 e. The minimum absolute atomic E-state index is 0.0439. The van der Waals surface area contributed by atoms with Gasteiger partial charge in [-0.05, 0) is 6.07 Å². The van der Waals surface area contributed by atoms with E-state index in [0.717, 1.165) is 12.3 Å². The van der Waals surface area contributed by atoms with Crippen molar-refractivity contribution in [1.29, 1.82) is 0 Å². The third kappa shape index (κ3) is 2.85.